The molecule has 1 aliphatic heterocycles. The summed E-state index contributed by atoms with van der Waals surface area (Å²) in [5.74, 6) is -0.0735. The number of nitrogens with zero attached hydrogens (tertiary/aromatic N) is 3. The number of carbonyl (C=O) groups excluding carboxylic acids is 2. The molecule has 1 aromatic heterocycles. The highest BCUT2D eigenvalue weighted by Gasteiger charge is 2.30. The van der Waals surface area contributed by atoms with Crippen molar-refractivity contribution in [2.45, 2.75) is 58.3 Å². The maximum atomic E-state index is 14.1. The summed E-state index contributed by atoms with van der Waals surface area (Å²) < 4.78 is 12.5. The van der Waals surface area contributed by atoms with Gasteiger partial charge in [-0.05, 0) is 77.5 Å². The van der Waals surface area contributed by atoms with Crippen LogP contribution in [-0.4, -0.2) is 90.4 Å². The first-order valence-electron chi connectivity index (χ1n) is 13.4. The monoisotopic (exact) mass is 526 g/mol. The molecule has 2 amide bonds. The van der Waals surface area contributed by atoms with Crippen LogP contribution in [0.2, 0.25) is 0 Å². The summed E-state index contributed by atoms with van der Waals surface area (Å²) in [4.78, 5) is 34.6. The second-order valence-electron chi connectivity index (χ2n) is 10.5. The lowest BCUT2D eigenvalue weighted by Crippen LogP contribution is -2.47. The number of hydrogen-bond donors (Lipinski definition) is 2. The van der Waals surface area contributed by atoms with E-state index < -0.39 is 6.04 Å². The van der Waals surface area contributed by atoms with Gasteiger partial charge in [-0.2, -0.15) is 0 Å². The lowest BCUT2D eigenvalue weighted by Gasteiger charge is -2.35. The van der Waals surface area contributed by atoms with Gasteiger partial charge in [0.05, 0.1) is 30.4 Å². The van der Waals surface area contributed by atoms with E-state index in [4.69, 9.17) is 9.47 Å². The lowest BCUT2D eigenvalue weighted by molar-refractivity contribution is -0.0137. The number of aliphatic hydroxyl groups is 1. The highest BCUT2D eigenvalue weighted by molar-refractivity contribution is 6.05. The summed E-state index contributed by atoms with van der Waals surface area (Å²) in [5.41, 5.74) is 1.29. The van der Waals surface area contributed by atoms with Gasteiger partial charge < -0.3 is 29.7 Å². The van der Waals surface area contributed by atoms with E-state index in [1.54, 1.807) is 47.6 Å². The molecule has 38 heavy (non-hydrogen) atoms. The van der Waals surface area contributed by atoms with Gasteiger partial charge in [0.15, 0.2) is 0 Å². The molecule has 1 aromatic carbocycles. The average Bonchev–Trinajstić information content (AvgIpc) is 2.90. The number of pyridine rings is 1. The Balaban J connectivity index is 1.98. The second-order valence-corrected chi connectivity index (χ2v) is 10.5. The van der Waals surface area contributed by atoms with Crippen molar-refractivity contribution in [3.05, 3.63) is 53.9 Å². The Labute approximate surface area is 226 Å². The smallest absolute Gasteiger partial charge is 0.258 e. The number of carbonyl (C=O) groups is 2. The normalized spacial score (nSPS) is 22.2. The summed E-state index contributed by atoms with van der Waals surface area (Å²) in [6.07, 6.45) is 5.63. The third-order valence-corrected chi connectivity index (χ3v) is 6.80. The first kappa shape index (κ1) is 29.5. The molecule has 4 atom stereocenters. The summed E-state index contributed by atoms with van der Waals surface area (Å²) in [5, 5.41) is 12.9. The SMILES string of the molecule is C[C@@H]1CCCCO[C@@H](CN(C)C)[C@H](C)CN([C@H](C)CO)C(=O)c2cc(NC(=O)c3ccncc3)ccc2O1. The standard InChI is InChI=1S/C29H42N4O5/c1-20-17-33(21(2)19-34)29(36)25-16-24(31-28(35)23-11-13-30-14-12-23)9-10-26(25)38-22(3)8-6-7-15-37-27(20)18-32(4)5/h9-14,16,20-22,27,34H,6-8,15,17-19H2,1-5H3,(H,31,35)/t20-,21-,22-,27+/m1/s1. The van der Waals surface area contributed by atoms with Crippen molar-refractivity contribution in [1.82, 2.24) is 14.8 Å². The number of likely N-dealkylation sites (N-methyl/N-ethyl adjacent to an activating group) is 1. The molecule has 9 nitrogen and oxygen atoms in total. The fraction of sp³-hybridized carbons (Fsp3) is 0.552. The molecule has 0 bridgehead atoms. The molecule has 9 heteroatoms. The van der Waals surface area contributed by atoms with E-state index in [9.17, 15) is 14.7 Å². The van der Waals surface area contributed by atoms with Crippen molar-refractivity contribution >= 4 is 17.5 Å². The number of hydrogen-bond acceptors (Lipinski definition) is 7. The number of nitrogens with one attached hydrogen (secondary N) is 1. The van der Waals surface area contributed by atoms with Gasteiger partial charge >= 0.3 is 0 Å². The lowest BCUT2D eigenvalue weighted by atomic mass is 10.0. The number of aliphatic hydroxyl groups excluding tert-OH is 1. The molecular weight excluding hydrogens is 484 g/mol. The van der Waals surface area contributed by atoms with Crippen molar-refractivity contribution in [2.75, 3.05) is 45.7 Å². The van der Waals surface area contributed by atoms with E-state index in [0.717, 1.165) is 25.8 Å². The van der Waals surface area contributed by atoms with Gasteiger partial charge in [0.25, 0.3) is 11.8 Å². The fourth-order valence-electron chi connectivity index (χ4n) is 4.53. The van der Waals surface area contributed by atoms with Gasteiger partial charge in [-0.1, -0.05) is 6.92 Å². The zero-order valence-electron chi connectivity index (χ0n) is 23.2. The van der Waals surface area contributed by atoms with E-state index in [0.29, 0.717) is 35.7 Å². The Morgan fingerprint density at radius 2 is 1.95 bits per heavy atom. The molecule has 0 spiro atoms. The number of rotatable bonds is 6. The average molecular weight is 527 g/mol. The number of ether oxygens (including phenoxy) is 2. The fourth-order valence-corrected chi connectivity index (χ4v) is 4.53. The Kier molecular flexibility index (Phi) is 11.1. The summed E-state index contributed by atoms with van der Waals surface area (Å²) >= 11 is 0. The number of amides is 2. The Morgan fingerprint density at radius 1 is 1.21 bits per heavy atom. The van der Waals surface area contributed by atoms with Crippen molar-refractivity contribution in [1.29, 1.82) is 0 Å². The van der Waals surface area contributed by atoms with E-state index in [2.05, 4.69) is 22.1 Å². The molecule has 2 heterocycles. The van der Waals surface area contributed by atoms with Crippen molar-refractivity contribution < 1.29 is 24.2 Å². The van der Waals surface area contributed by atoms with Crippen LogP contribution in [0.15, 0.2) is 42.7 Å². The summed E-state index contributed by atoms with van der Waals surface area (Å²) in [6, 6.07) is 7.97. The Bertz CT molecular complexity index is 1050. The van der Waals surface area contributed by atoms with E-state index >= 15 is 0 Å². The Morgan fingerprint density at radius 3 is 2.63 bits per heavy atom. The van der Waals surface area contributed by atoms with Crippen LogP contribution in [0.25, 0.3) is 0 Å². The van der Waals surface area contributed by atoms with Crippen LogP contribution in [0.5, 0.6) is 5.75 Å². The molecular formula is C29H42N4O5. The van der Waals surface area contributed by atoms with E-state index in [1.807, 2.05) is 27.9 Å². The minimum Gasteiger partial charge on any atom is -0.490 e. The molecule has 0 saturated heterocycles. The van der Waals surface area contributed by atoms with Crippen LogP contribution in [0.1, 0.15) is 60.7 Å². The first-order valence-corrected chi connectivity index (χ1v) is 13.4. The van der Waals surface area contributed by atoms with Crippen molar-refractivity contribution in [3.63, 3.8) is 0 Å². The number of benzene rings is 1. The molecule has 1 aliphatic rings. The third kappa shape index (κ3) is 8.24. The van der Waals surface area contributed by atoms with Gasteiger partial charge in [-0.25, -0.2) is 0 Å². The molecule has 3 rings (SSSR count). The van der Waals surface area contributed by atoms with Gasteiger partial charge in [0.1, 0.15) is 5.75 Å². The molecule has 0 unspecified atom stereocenters. The molecule has 0 radical (unpaired) electrons. The highest BCUT2D eigenvalue weighted by atomic mass is 16.5. The minimum atomic E-state index is -0.418. The molecule has 208 valence electrons. The predicted octanol–water partition coefficient (Wildman–Crippen LogP) is 3.69. The minimum absolute atomic E-state index is 0.0242. The number of anilines is 1. The predicted molar refractivity (Wildman–Crippen MR) is 148 cm³/mol. The summed E-state index contributed by atoms with van der Waals surface area (Å²) in [6.45, 7) is 7.51. The number of aromatic nitrogens is 1. The van der Waals surface area contributed by atoms with Crippen LogP contribution < -0.4 is 10.1 Å². The maximum absolute atomic E-state index is 14.1. The van der Waals surface area contributed by atoms with Gasteiger partial charge in [-0.3, -0.25) is 14.6 Å². The van der Waals surface area contributed by atoms with E-state index in [1.165, 1.54) is 0 Å². The zero-order chi connectivity index (χ0) is 27.7. The van der Waals surface area contributed by atoms with Crippen LogP contribution in [0.4, 0.5) is 5.69 Å². The summed E-state index contributed by atoms with van der Waals surface area (Å²) in [7, 11) is 4.02. The Hall–Kier alpha value is -3.01. The van der Waals surface area contributed by atoms with Crippen LogP contribution in [0.3, 0.4) is 0 Å². The number of fused-ring (bicyclic) bond motifs is 1. The molecule has 0 fully saturated rings. The van der Waals surface area contributed by atoms with Crippen LogP contribution >= 0.6 is 0 Å². The molecule has 0 saturated carbocycles. The highest BCUT2D eigenvalue weighted by Crippen LogP contribution is 2.28. The quantitative estimate of drug-likeness (QED) is 0.592. The topological polar surface area (TPSA) is 104 Å². The van der Waals surface area contributed by atoms with Gasteiger partial charge in [0, 0.05) is 49.3 Å². The zero-order valence-corrected chi connectivity index (χ0v) is 23.2. The van der Waals surface area contributed by atoms with Crippen LogP contribution in [-0.2, 0) is 4.74 Å². The van der Waals surface area contributed by atoms with Gasteiger partial charge in [-0.15, -0.1) is 0 Å². The second kappa shape index (κ2) is 14.2. The molecule has 2 N–H and O–H groups in total. The van der Waals surface area contributed by atoms with Crippen LogP contribution in [0, 0.1) is 5.92 Å². The molecule has 0 aliphatic carbocycles. The molecule has 2 aromatic rings. The maximum Gasteiger partial charge on any atom is 0.258 e. The first-order chi connectivity index (χ1) is 18.2. The van der Waals surface area contributed by atoms with Gasteiger partial charge in [0.2, 0.25) is 0 Å². The third-order valence-electron chi connectivity index (χ3n) is 6.80. The largest absolute Gasteiger partial charge is 0.490 e. The van der Waals surface area contributed by atoms with Crippen molar-refractivity contribution in [3.8, 4) is 5.75 Å². The van der Waals surface area contributed by atoms with E-state index in [-0.39, 0.29) is 36.5 Å². The van der Waals surface area contributed by atoms with Crippen molar-refractivity contribution in [2.24, 2.45) is 5.92 Å².